The SMILES string of the molecule is Cc1cnc(-c2ccc(CCC(=O)O)cc2)[nH]1. The lowest BCUT2D eigenvalue weighted by molar-refractivity contribution is -0.136. The van der Waals surface area contributed by atoms with Crippen molar-refractivity contribution < 1.29 is 9.90 Å². The third-order valence-electron chi connectivity index (χ3n) is 2.56. The summed E-state index contributed by atoms with van der Waals surface area (Å²) >= 11 is 0. The number of nitrogens with zero attached hydrogens (tertiary/aromatic N) is 1. The van der Waals surface area contributed by atoms with Crippen LogP contribution >= 0.6 is 0 Å². The van der Waals surface area contributed by atoms with E-state index >= 15 is 0 Å². The molecule has 4 heteroatoms. The van der Waals surface area contributed by atoms with Gasteiger partial charge in [-0.25, -0.2) is 4.98 Å². The van der Waals surface area contributed by atoms with E-state index < -0.39 is 5.97 Å². The normalized spacial score (nSPS) is 10.4. The van der Waals surface area contributed by atoms with Gasteiger partial charge in [-0.05, 0) is 18.9 Å². The van der Waals surface area contributed by atoms with E-state index in [4.69, 9.17) is 5.11 Å². The number of carbonyl (C=O) groups is 1. The Morgan fingerprint density at radius 3 is 2.59 bits per heavy atom. The number of hydrogen-bond donors (Lipinski definition) is 2. The van der Waals surface area contributed by atoms with Crippen molar-refractivity contribution in [2.75, 3.05) is 0 Å². The maximum Gasteiger partial charge on any atom is 0.303 e. The number of H-pyrrole nitrogens is 1. The number of benzene rings is 1. The number of hydrogen-bond acceptors (Lipinski definition) is 2. The first kappa shape index (κ1) is 11.4. The van der Waals surface area contributed by atoms with Crippen LogP contribution in [0.1, 0.15) is 17.7 Å². The van der Waals surface area contributed by atoms with Crippen molar-refractivity contribution in [3.05, 3.63) is 41.7 Å². The maximum absolute atomic E-state index is 10.4. The van der Waals surface area contributed by atoms with E-state index in [1.807, 2.05) is 31.2 Å². The van der Waals surface area contributed by atoms with Crippen LogP contribution in [-0.2, 0) is 11.2 Å². The molecular weight excluding hydrogens is 216 g/mol. The summed E-state index contributed by atoms with van der Waals surface area (Å²) in [6, 6.07) is 7.79. The van der Waals surface area contributed by atoms with Crippen molar-refractivity contribution in [1.82, 2.24) is 9.97 Å². The minimum absolute atomic E-state index is 0.166. The van der Waals surface area contributed by atoms with E-state index in [9.17, 15) is 4.79 Å². The fraction of sp³-hybridized carbons (Fsp3) is 0.231. The van der Waals surface area contributed by atoms with Crippen LogP contribution < -0.4 is 0 Å². The number of carboxylic acid groups (broad SMARTS) is 1. The first-order chi connectivity index (χ1) is 8.15. The number of aryl methyl sites for hydroxylation is 2. The molecular formula is C13H14N2O2. The minimum Gasteiger partial charge on any atom is -0.481 e. The monoisotopic (exact) mass is 230 g/mol. The van der Waals surface area contributed by atoms with E-state index in [1.54, 1.807) is 6.20 Å². The molecule has 0 spiro atoms. The van der Waals surface area contributed by atoms with Gasteiger partial charge in [0, 0.05) is 23.9 Å². The molecule has 0 aliphatic carbocycles. The van der Waals surface area contributed by atoms with Gasteiger partial charge in [0.25, 0.3) is 0 Å². The Bertz CT molecular complexity index is 514. The summed E-state index contributed by atoms with van der Waals surface area (Å²) in [6.45, 7) is 1.96. The second kappa shape index (κ2) is 4.82. The average molecular weight is 230 g/mol. The van der Waals surface area contributed by atoms with Crippen molar-refractivity contribution >= 4 is 5.97 Å². The summed E-state index contributed by atoms with van der Waals surface area (Å²) in [5.41, 5.74) is 3.06. The molecule has 0 bridgehead atoms. The third kappa shape index (κ3) is 2.93. The Morgan fingerprint density at radius 2 is 2.06 bits per heavy atom. The molecule has 0 atom stereocenters. The first-order valence-electron chi connectivity index (χ1n) is 5.48. The summed E-state index contributed by atoms with van der Waals surface area (Å²) in [4.78, 5) is 17.8. The summed E-state index contributed by atoms with van der Waals surface area (Å²) in [6.07, 6.45) is 2.51. The highest BCUT2D eigenvalue weighted by Crippen LogP contribution is 2.16. The number of carboxylic acids is 1. The van der Waals surface area contributed by atoms with Gasteiger partial charge in [-0.15, -0.1) is 0 Å². The second-order valence-corrected chi connectivity index (χ2v) is 4.01. The fourth-order valence-electron chi connectivity index (χ4n) is 1.64. The summed E-state index contributed by atoms with van der Waals surface area (Å²) < 4.78 is 0. The first-order valence-corrected chi connectivity index (χ1v) is 5.48. The Morgan fingerprint density at radius 1 is 1.35 bits per heavy atom. The molecule has 0 aliphatic heterocycles. The van der Waals surface area contributed by atoms with Crippen LogP contribution in [0.25, 0.3) is 11.4 Å². The lowest BCUT2D eigenvalue weighted by Crippen LogP contribution is -1.97. The van der Waals surface area contributed by atoms with Gasteiger partial charge in [-0.3, -0.25) is 4.79 Å². The second-order valence-electron chi connectivity index (χ2n) is 4.01. The average Bonchev–Trinajstić information content (AvgIpc) is 2.74. The molecule has 2 rings (SSSR count). The standard InChI is InChI=1S/C13H14N2O2/c1-9-8-14-13(15-9)11-5-2-10(3-6-11)4-7-12(16)17/h2-3,5-6,8H,4,7H2,1H3,(H,14,15)(H,16,17). The van der Waals surface area contributed by atoms with Crippen LogP contribution in [0.15, 0.2) is 30.5 Å². The van der Waals surface area contributed by atoms with Crippen molar-refractivity contribution in [3.8, 4) is 11.4 Å². The fourth-order valence-corrected chi connectivity index (χ4v) is 1.64. The minimum atomic E-state index is -0.768. The number of aliphatic carboxylic acids is 1. The maximum atomic E-state index is 10.4. The van der Waals surface area contributed by atoms with Gasteiger partial charge >= 0.3 is 5.97 Å². The van der Waals surface area contributed by atoms with Crippen LogP contribution in [0.4, 0.5) is 0 Å². The van der Waals surface area contributed by atoms with Gasteiger partial charge in [-0.1, -0.05) is 24.3 Å². The van der Waals surface area contributed by atoms with Crippen molar-refractivity contribution in [3.63, 3.8) is 0 Å². The van der Waals surface area contributed by atoms with E-state index in [0.717, 1.165) is 22.6 Å². The van der Waals surface area contributed by atoms with E-state index in [1.165, 1.54) is 0 Å². The van der Waals surface area contributed by atoms with Crippen LogP contribution in [0.2, 0.25) is 0 Å². The molecule has 1 aromatic heterocycles. The predicted octanol–water partition coefficient (Wildman–Crippen LogP) is 2.40. The highest BCUT2D eigenvalue weighted by Gasteiger charge is 2.02. The van der Waals surface area contributed by atoms with Crippen LogP contribution in [0, 0.1) is 6.92 Å². The molecule has 2 N–H and O–H groups in total. The lowest BCUT2D eigenvalue weighted by atomic mass is 10.1. The summed E-state index contributed by atoms with van der Waals surface area (Å²) in [5, 5.41) is 8.60. The zero-order valence-corrected chi connectivity index (χ0v) is 9.60. The number of aromatic amines is 1. The molecule has 0 unspecified atom stereocenters. The summed E-state index contributed by atoms with van der Waals surface area (Å²) in [7, 11) is 0. The topological polar surface area (TPSA) is 66.0 Å². The quantitative estimate of drug-likeness (QED) is 0.847. The molecule has 1 heterocycles. The molecule has 17 heavy (non-hydrogen) atoms. The van der Waals surface area contributed by atoms with Gasteiger partial charge in [0.05, 0.1) is 0 Å². The highest BCUT2D eigenvalue weighted by atomic mass is 16.4. The molecule has 0 saturated heterocycles. The number of imidazole rings is 1. The van der Waals surface area contributed by atoms with Gasteiger partial charge in [0.2, 0.25) is 0 Å². The molecule has 0 amide bonds. The van der Waals surface area contributed by atoms with Crippen LogP contribution in [-0.4, -0.2) is 21.0 Å². The number of rotatable bonds is 4. The molecule has 0 fully saturated rings. The third-order valence-corrected chi connectivity index (χ3v) is 2.56. The van der Waals surface area contributed by atoms with Crippen molar-refractivity contribution in [1.29, 1.82) is 0 Å². The molecule has 0 saturated carbocycles. The Hall–Kier alpha value is -2.10. The Kier molecular flexibility index (Phi) is 3.23. The summed E-state index contributed by atoms with van der Waals surface area (Å²) in [5.74, 6) is 0.0722. The van der Waals surface area contributed by atoms with Crippen molar-refractivity contribution in [2.45, 2.75) is 19.8 Å². The Labute approximate surface area is 99.3 Å². The van der Waals surface area contributed by atoms with Crippen LogP contribution in [0.3, 0.4) is 0 Å². The molecule has 4 nitrogen and oxygen atoms in total. The van der Waals surface area contributed by atoms with Gasteiger partial charge in [-0.2, -0.15) is 0 Å². The van der Waals surface area contributed by atoms with Crippen LogP contribution in [0.5, 0.6) is 0 Å². The largest absolute Gasteiger partial charge is 0.481 e. The van der Waals surface area contributed by atoms with Gasteiger partial charge in [0.1, 0.15) is 5.82 Å². The van der Waals surface area contributed by atoms with E-state index in [0.29, 0.717) is 6.42 Å². The smallest absolute Gasteiger partial charge is 0.303 e. The number of nitrogens with one attached hydrogen (secondary N) is 1. The van der Waals surface area contributed by atoms with Gasteiger partial charge in [0.15, 0.2) is 0 Å². The predicted molar refractivity (Wildman–Crippen MR) is 64.7 cm³/mol. The van der Waals surface area contributed by atoms with E-state index in [-0.39, 0.29) is 6.42 Å². The molecule has 0 radical (unpaired) electrons. The van der Waals surface area contributed by atoms with Crippen molar-refractivity contribution in [2.24, 2.45) is 0 Å². The zero-order chi connectivity index (χ0) is 12.3. The highest BCUT2D eigenvalue weighted by molar-refractivity contribution is 5.67. The molecule has 0 aliphatic rings. The zero-order valence-electron chi connectivity index (χ0n) is 9.60. The molecule has 2 aromatic rings. The molecule has 1 aromatic carbocycles. The number of aromatic nitrogens is 2. The molecule has 88 valence electrons. The van der Waals surface area contributed by atoms with Gasteiger partial charge < -0.3 is 10.1 Å². The van der Waals surface area contributed by atoms with E-state index in [2.05, 4.69) is 9.97 Å². The Balaban J connectivity index is 2.10. The lowest BCUT2D eigenvalue weighted by Gasteiger charge is -2.01.